The summed E-state index contributed by atoms with van der Waals surface area (Å²) in [7, 11) is 0. The minimum atomic E-state index is -0.562. The van der Waals surface area contributed by atoms with Crippen molar-refractivity contribution in [2.45, 2.75) is 6.92 Å². The van der Waals surface area contributed by atoms with E-state index in [4.69, 9.17) is 9.15 Å². The van der Waals surface area contributed by atoms with Crippen molar-refractivity contribution in [1.82, 2.24) is 9.66 Å². The zero-order chi connectivity index (χ0) is 30.8. The van der Waals surface area contributed by atoms with Crippen LogP contribution in [0.25, 0.3) is 33.5 Å². The molecule has 0 atom stereocenters. The number of carbonyl (C=O) groups excluding carboxylic acids is 1. The molecule has 0 aliphatic rings. The number of carbonyl (C=O) groups is 1. The molecule has 11 nitrogen and oxygen atoms in total. The summed E-state index contributed by atoms with van der Waals surface area (Å²) in [5, 5.41) is 19.8. The Morgan fingerprint density at radius 2 is 1.89 bits per heavy atom. The van der Waals surface area contributed by atoms with Gasteiger partial charge in [0.05, 0.1) is 22.0 Å². The van der Waals surface area contributed by atoms with Crippen LogP contribution in [0.4, 0.5) is 11.4 Å². The number of aromatic nitrogens is 2. The Labute approximate surface area is 257 Å². The molecule has 0 radical (unpaired) electrons. The third-order valence-electron chi connectivity index (χ3n) is 6.75. The zero-order valence-electron chi connectivity index (χ0n) is 23.1. The summed E-state index contributed by atoms with van der Waals surface area (Å²) >= 11 is 3.45. The van der Waals surface area contributed by atoms with Crippen LogP contribution in [-0.4, -0.2) is 33.3 Å². The Bertz CT molecular complexity index is 2170. The van der Waals surface area contributed by atoms with Crippen molar-refractivity contribution < 1.29 is 18.9 Å². The van der Waals surface area contributed by atoms with E-state index in [0.717, 1.165) is 20.1 Å². The molecule has 0 spiro atoms. The first kappa shape index (κ1) is 28.5. The minimum Gasteiger partial charge on any atom is -0.483 e. The number of ether oxygens (including phenoxy) is 1. The molecule has 2 aromatic heterocycles. The number of non-ortho nitro benzene ring substituents is 1. The topological polar surface area (TPSA) is 142 Å². The van der Waals surface area contributed by atoms with Gasteiger partial charge in [0.1, 0.15) is 11.3 Å². The van der Waals surface area contributed by atoms with E-state index in [9.17, 15) is 19.7 Å². The molecule has 1 amide bonds. The quantitative estimate of drug-likeness (QED) is 0.110. The van der Waals surface area contributed by atoms with E-state index in [0.29, 0.717) is 27.9 Å². The Morgan fingerprint density at radius 3 is 2.70 bits per heavy atom. The van der Waals surface area contributed by atoms with Crippen molar-refractivity contribution in [3.05, 3.63) is 127 Å². The van der Waals surface area contributed by atoms with Crippen LogP contribution in [0, 0.1) is 17.0 Å². The minimum absolute atomic E-state index is 0.128. The van der Waals surface area contributed by atoms with E-state index < -0.39 is 16.4 Å². The van der Waals surface area contributed by atoms with Crippen LogP contribution in [0.5, 0.6) is 5.75 Å². The summed E-state index contributed by atoms with van der Waals surface area (Å²) in [6.07, 6.45) is 1.25. The Hall–Kier alpha value is -5.62. The summed E-state index contributed by atoms with van der Waals surface area (Å²) in [4.78, 5) is 41.9. The van der Waals surface area contributed by atoms with Crippen molar-refractivity contribution in [2.24, 2.45) is 5.10 Å². The lowest BCUT2D eigenvalue weighted by atomic mass is 10.2. The predicted molar refractivity (Wildman–Crippen MR) is 170 cm³/mol. The number of nitro groups is 1. The zero-order valence-corrected chi connectivity index (χ0v) is 24.6. The lowest BCUT2D eigenvalue weighted by Gasteiger charge is -2.11. The molecule has 6 rings (SSSR count). The number of nitro benzene ring substituents is 1. The second-order valence-corrected chi connectivity index (χ2v) is 10.7. The number of anilines is 1. The number of nitrogens with one attached hydrogen (secondary N) is 1. The third kappa shape index (κ3) is 5.83. The number of hydrogen-bond donors (Lipinski definition) is 1. The first-order chi connectivity index (χ1) is 21.3. The van der Waals surface area contributed by atoms with Gasteiger partial charge in [-0.1, -0.05) is 46.3 Å². The molecule has 1 N–H and O–H groups in total. The summed E-state index contributed by atoms with van der Waals surface area (Å²) < 4.78 is 13.7. The van der Waals surface area contributed by atoms with Gasteiger partial charge in [0.15, 0.2) is 12.4 Å². The van der Waals surface area contributed by atoms with Gasteiger partial charge < -0.3 is 14.5 Å². The molecule has 0 unspecified atom stereocenters. The average molecular weight is 652 g/mol. The molecule has 2 heterocycles. The first-order valence-corrected chi connectivity index (χ1v) is 14.1. The number of hydrogen-bond acceptors (Lipinski definition) is 8. The Balaban J connectivity index is 1.39. The van der Waals surface area contributed by atoms with Gasteiger partial charge in [0.2, 0.25) is 5.82 Å². The van der Waals surface area contributed by atoms with E-state index >= 15 is 0 Å². The highest BCUT2D eigenvalue weighted by Crippen LogP contribution is 2.29. The van der Waals surface area contributed by atoms with Crippen LogP contribution in [0.2, 0.25) is 0 Å². The molecule has 0 saturated carbocycles. The standard InChI is InChI=1S/C32H22BrN5O6/c1-19-6-2-4-8-25(19)35-30(39)18-43-27-13-11-23(38(41)42)15-21(27)17-34-37-31(36-26-9-5-3-7-24(26)32(37)40)29-16-20-14-22(33)10-12-28(20)44-29/h2-17H,18H2,1H3,(H,35,39). The van der Waals surface area contributed by atoms with Crippen LogP contribution in [0.3, 0.4) is 0 Å². The lowest BCUT2D eigenvalue weighted by molar-refractivity contribution is -0.384. The maximum Gasteiger partial charge on any atom is 0.282 e. The molecule has 0 saturated heterocycles. The van der Waals surface area contributed by atoms with E-state index in [1.807, 2.05) is 31.2 Å². The van der Waals surface area contributed by atoms with Gasteiger partial charge in [-0.25, -0.2) is 4.98 Å². The van der Waals surface area contributed by atoms with Crippen LogP contribution in [0.15, 0.2) is 110 Å². The fourth-order valence-corrected chi connectivity index (χ4v) is 4.94. The SMILES string of the molecule is Cc1ccccc1NC(=O)COc1ccc([N+](=O)[O-])cc1C=Nn1c(-c2cc3cc(Br)ccc3o2)nc2ccccc2c1=O. The Morgan fingerprint density at radius 1 is 1.09 bits per heavy atom. The van der Waals surface area contributed by atoms with Gasteiger partial charge in [-0.2, -0.15) is 9.78 Å². The van der Waals surface area contributed by atoms with Crippen molar-refractivity contribution in [3.63, 3.8) is 0 Å². The van der Waals surface area contributed by atoms with Crippen molar-refractivity contribution >= 4 is 61.3 Å². The van der Waals surface area contributed by atoms with Crippen LogP contribution in [-0.2, 0) is 4.79 Å². The number of rotatable bonds is 8. The lowest BCUT2D eigenvalue weighted by Crippen LogP contribution is -2.21. The summed E-state index contributed by atoms with van der Waals surface area (Å²) in [6.45, 7) is 1.49. The van der Waals surface area contributed by atoms with Crippen molar-refractivity contribution in [3.8, 4) is 17.3 Å². The number of fused-ring (bicyclic) bond motifs is 2. The molecule has 0 bridgehead atoms. The van der Waals surface area contributed by atoms with E-state index in [2.05, 4.69) is 31.3 Å². The molecule has 4 aromatic carbocycles. The number of benzene rings is 4. The normalized spacial score (nSPS) is 11.3. The highest BCUT2D eigenvalue weighted by Gasteiger charge is 2.18. The van der Waals surface area contributed by atoms with E-state index in [1.54, 1.807) is 48.5 Å². The summed E-state index contributed by atoms with van der Waals surface area (Å²) in [5.74, 6) is 0.148. The van der Waals surface area contributed by atoms with Gasteiger partial charge in [-0.15, -0.1) is 0 Å². The monoisotopic (exact) mass is 651 g/mol. The maximum atomic E-state index is 13.7. The van der Waals surface area contributed by atoms with Crippen molar-refractivity contribution in [2.75, 3.05) is 11.9 Å². The second kappa shape index (κ2) is 11.9. The van der Waals surface area contributed by atoms with Gasteiger partial charge in [0, 0.05) is 33.2 Å². The number of para-hydroxylation sites is 2. The van der Waals surface area contributed by atoms with E-state index in [1.165, 1.54) is 24.4 Å². The largest absolute Gasteiger partial charge is 0.483 e. The first-order valence-electron chi connectivity index (χ1n) is 13.3. The smallest absolute Gasteiger partial charge is 0.282 e. The molecular formula is C32H22BrN5O6. The number of nitrogens with zero attached hydrogens (tertiary/aromatic N) is 4. The molecule has 0 aliphatic carbocycles. The predicted octanol–water partition coefficient (Wildman–Crippen LogP) is 6.69. The van der Waals surface area contributed by atoms with Gasteiger partial charge in [-0.05, 0) is 61.0 Å². The average Bonchev–Trinajstić information content (AvgIpc) is 3.44. The fraction of sp³-hybridized carbons (Fsp3) is 0.0625. The molecule has 0 aliphatic heterocycles. The van der Waals surface area contributed by atoms with Crippen LogP contribution in [0.1, 0.15) is 11.1 Å². The van der Waals surface area contributed by atoms with Crippen LogP contribution >= 0.6 is 15.9 Å². The van der Waals surface area contributed by atoms with Crippen molar-refractivity contribution in [1.29, 1.82) is 0 Å². The molecule has 6 aromatic rings. The number of aryl methyl sites for hydroxylation is 1. The van der Waals surface area contributed by atoms with E-state index in [-0.39, 0.29) is 29.4 Å². The Kier molecular flexibility index (Phi) is 7.73. The molecule has 44 heavy (non-hydrogen) atoms. The van der Waals surface area contributed by atoms with Gasteiger partial charge in [-0.3, -0.25) is 19.7 Å². The summed E-state index contributed by atoms with van der Waals surface area (Å²) in [5.41, 5.74) is 2.01. The van der Waals surface area contributed by atoms with Gasteiger partial charge >= 0.3 is 0 Å². The molecular weight excluding hydrogens is 630 g/mol. The summed E-state index contributed by atoms with van der Waals surface area (Å²) in [6, 6.07) is 25.2. The maximum absolute atomic E-state index is 13.7. The van der Waals surface area contributed by atoms with Crippen LogP contribution < -0.4 is 15.6 Å². The number of amides is 1. The second-order valence-electron chi connectivity index (χ2n) is 9.74. The molecule has 218 valence electrons. The highest BCUT2D eigenvalue weighted by atomic mass is 79.9. The highest BCUT2D eigenvalue weighted by molar-refractivity contribution is 9.10. The number of furan rings is 1. The van der Waals surface area contributed by atoms with Gasteiger partial charge in [0.25, 0.3) is 17.2 Å². The fourth-order valence-electron chi connectivity index (χ4n) is 4.56. The third-order valence-corrected chi connectivity index (χ3v) is 7.24. The molecule has 12 heteroatoms. The molecule has 0 fully saturated rings. The number of halogens is 1.